The molecule has 2 aromatic carbocycles. The maximum atomic E-state index is 12.9. The summed E-state index contributed by atoms with van der Waals surface area (Å²) in [5, 5.41) is 3.73. The predicted molar refractivity (Wildman–Crippen MR) is 111 cm³/mol. The molecule has 1 atom stereocenters. The molecule has 0 spiro atoms. The second-order valence-corrected chi connectivity index (χ2v) is 6.53. The molecule has 0 aliphatic heterocycles. The van der Waals surface area contributed by atoms with Gasteiger partial charge in [-0.15, -0.1) is 0 Å². The summed E-state index contributed by atoms with van der Waals surface area (Å²) in [6, 6.07) is 9.92. The van der Waals surface area contributed by atoms with Crippen molar-refractivity contribution in [2.75, 3.05) is 28.4 Å². The van der Waals surface area contributed by atoms with Crippen molar-refractivity contribution in [3.8, 4) is 17.2 Å². The summed E-state index contributed by atoms with van der Waals surface area (Å²) in [6.07, 6.45) is 2.10. The van der Waals surface area contributed by atoms with Crippen LogP contribution in [-0.4, -0.2) is 51.3 Å². The Bertz CT molecular complexity index is 1030. The summed E-state index contributed by atoms with van der Waals surface area (Å²) in [5.41, 5.74) is 2.11. The lowest BCUT2D eigenvalue weighted by atomic mass is 10.0. The highest BCUT2D eigenvalue weighted by Gasteiger charge is 2.25. The largest absolute Gasteiger partial charge is 0.493 e. The summed E-state index contributed by atoms with van der Waals surface area (Å²) >= 11 is 0. The van der Waals surface area contributed by atoms with Crippen molar-refractivity contribution in [2.45, 2.75) is 12.5 Å². The summed E-state index contributed by atoms with van der Waals surface area (Å²) in [7, 11) is 5.70. The van der Waals surface area contributed by atoms with E-state index in [2.05, 4.69) is 10.3 Å². The van der Waals surface area contributed by atoms with Crippen LogP contribution in [0.2, 0.25) is 0 Å². The molecule has 1 amide bonds. The molecule has 0 bridgehead atoms. The highest BCUT2D eigenvalue weighted by molar-refractivity contribution is 5.98. The van der Waals surface area contributed by atoms with Gasteiger partial charge in [0.15, 0.2) is 11.5 Å². The van der Waals surface area contributed by atoms with Gasteiger partial charge in [0, 0.05) is 29.1 Å². The number of amides is 1. The Morgan fingerprint density at radius 1 is 1.00 bits per heavy atom. The highest BCUT2D eigenvalue weighted by Crippen LogP contribution is 2.38. The molecular formula is C22H24N2O6. The van der Waals surface area contributed by atoms with Crippen molar-refractivity contribution < 1.29 is 28.5 Å². The maximum Gasteiger partial charge on any atom is 0.328 e. The highest BCUT2D eigenvalue weighted by atomic mass is 16.5. The van der Waals surface area contributed by atoms with E-state index in [1.54, 1.807) is 0 Å². The Labute approximate surface area is 174 Å². The molecule has 158 valence electrons. The fourth-order valence-corrected chi connectivity index (χ4v) is 3.31. The van der Waals surface area contributed by atoms with E-state index in [9.17, 15) is 9.59 Å². The fraction of sp³-hybridized carbons (Fsp3) is 0.273. The third kappa shape index (κ3) is 4.17. The number of methoxy groups -OCH3 is 4. The number of fused-ring (bicyclic) bond motifs is 1. The molecule has 3 rings (SSSR count). The minimum Gasteiger partial charge on any atom is -0.493 e. The number of ether oxygens (including phenoxy) is 4. The topological polar surface area (TPSA) is 98.9 Å². The van der Waals surface area contributed by atoms with Gasteiger partial charge in [0.1, 0.15) is 6.04 Å². The van der Waals surface area contributed by atoms with Crippen molar-refractivity contribution in [2.24, 2.45) is 0 Å². The molecule has 8 nitrogen and oxygen atoms in total. The molecule has 0 aliphatic carbocycles. The van der Waals surface area contributed by atoms with Crippen LogP contribution in [0.25, 0.3) is 10.9 Å². The quantitative estimate of drug-likeness (QED) is 0.552. The molecule has 2 N–H and O–H groups in total. The molecule has 0 radical (unpaired) electrons. The normalized spacial score (nSPS) is 11.6. The monoisotopic (exact) mass is 412 g/mol. The van der Waals surface area contributed by atoms with Crippen molar-refractivity contribution >= 4 is 22.8 Å². The summed E-state index contributed by atoms with van der Waals surface area (Å²) in [4.78, 5) is 28.5. The van der Waals surface area contributed by atoms with Gasteiger partial charge < -0.3 is 29.2 Å². The Hall–Kier alpha value is -3.68. The Morgan fingerprint density at radius 2 is 1.67 bits per heavy atom. The van der Waals surface area contributed by atoms with Gasteiger partial charge in [-0.3, -0.25) is 4.79 Å². The molecule has 3 aromatic rings. The second-order valence-electron chi connectivity index (χ2n) is 6.53. The van der Waals surface area contributed by atoms with Crippen LogP contribution < -0.4 is 19.5 Å². The SMILES string of the molecule is COC(=O)[C@H](Cc1c[nH]c2ccccc12)NC(=O)c1cc(OC)c(OC)c(OC)c1. The lowest BCUT2D eigenvalue weighted by molar-refractivity contribution is -0.142. The van der Waals surface area contributed by atoms with E-state index >= 15 is 0 Å². The van der Waals surface area contributed by atoms with Crippen LogP contribution in [0.1, 0.15) is 15.9 Å². The molecular weight excluding hydrogens is 388 g/mol. The maximum absolute atomic E-state index is 12.9. The lowest BCUT2D eigenvalue weighted by Gasteiger charge is -2.18. The number of hydrogen-bond donors (Lipinski definition) is 2. The second kappa shape index (κ2) is 9.21. The number of hydrogen-bond acceptors (Lipinski definition) is 6. The number of carbonyl (C=O) groups is 2. The first-order valence-electron chi connectivity index (χ1n) is 9.26. The lowest BCUT2D eigenvalue weighted by Crippen LogP contribution is -2.43. The number of benzene rings is 2. The van der Waals surface area contributed by atoms with Gasteiger partial charge in [0.2, 0.25) is 5.75 Å². The first kappa shape index (κ1) is 21.0. The van der Waals surface area contributed by atoms with Gasteiger partial charge in [-0.2, -0.15) is 0 Å². The molecule has 1 aromatic heterocycles. The number of nitrogens with one attached hydrogen (secondary N) is 2. The fourth-order valence-electron chi connectivity index (χ4n) is 3.31. The third-order valence-corrected chi connectivity index (χ3v) is 4.82. The number of rotatable bonds is 8. The van der Waals surface area contributed by atoms with Crippen LogP contribution in [0.15, 0.2) is 42.6 Å². The van der Waals surface area contributed by atoms with Crippen molar-refractivity contribution in [3.05, 3.63) is 53.7 Å². The Morgan fingerprint density at radius 3 is 2.27 bits per heavy atom. The molecule has 8 heteroatoms. The van der Waals surface area contributed by atoms with E-state index in [4.69, 9.17) is 18.9 Å². The number of para-hydroxylation sites is 1. The van der Waals surface area contributed by atoms with Crippen LogP contribution >= 0.6 is 0 Å². The third-order valence-electron chi connectivity index (χ3n) is 4.82. The molecule has 0 saturated heterocycles. The zero-order chi connectivity index (χ0) is 21.7. The minimum absolute atomic E-state index is 0.261. The molecule has 0 fully saturated rings. The molecule has 0 aliphatic rings. The van der Waals surface area contributed by atoms with Crippen LogP contribution in [0.5, 0.6) is 17.2 Å². The van der Waals surface area contributed by atoms with E-state index in [1.165, 1.54) is 40.6 Å². The minimum atomic E-state index is -0.874. The number of carbonyl (C=O) groups excluding carboxylic acids is 2. The van der Waals surface area contributed by atoms with Gasteiger partial charge in [0.05, 0.1) is 28.4 Å². The average Bonchev–Trinajstić information content (AvgIpc) is 3.19. The molecule has 0 saturated carbocycles. The van der Waals surface area contributed by atoms with E-state index in [1.807, 2.05) is 30.5 Å². The first-order valence-corrected chi connectivity index (χ1v) is 9.26. The van der Waals surface area contributed by atoms with E-state index in [0.717, 1.165) is 16.5 Å². The smallest absolute Gasteiger partial charge is 0.328 e. The van der Waals surface area contributed by atoms with Crippen LogP contribution in [0.3, 0.4) is 0 Å². The van der Waals surface area contributed by atoms with Gasteiger partial charge in [0.25, 0.3) is 5.91 Å². The van der Waals surface area contributed by atoms with Gasteiger partial charge in [-0.05, 0) is 23.8 Å². The predicted octanol–water partition coefficient (Wildman–Crippen LogP) is 2.71. The van der Waals surface area contributed by atoms with Crippen molar-refractivity contribution in [1.29, 1.82) is 0 Å². The van der Waals surface area contributed by atoms with Crippen LogP contribution in [0.4, 0.5) is 0 Å². The molecule has 1 heterocycles. The van der Waals surface area contributed by atoms with E-state index < -0.39 is 17.9 Å². The molecule has 30 heavy (non-hydrogen) atoms. The first-order chi connectivity index (χ1) is 14.5. The van der Waals surface area contributed by atoms with Crippen molar-refractivity contribution in [3.63, 3.8) is 0 Å². The van der Waals surface area contributed by atoms with Crippen molar-refractivity contribution in [1.82, 2.24) is 10.3 Å². The average molecular weight is 412 g/mol. The zero-order valence-electron chi connectivity index (χ0n) is 17.3. The summed E-state index contributed by atoms with van der Waals surface area (Å²) in [6.45, 7) is 0. The number of esters is 1. The Balaban J connectivity index is 1.88. The standard InChI is InChI=1S/C22H24N2O6/c1-27-18-10-13(11-19(28-2)20(18)29-3)21(25)24-17(22(26)30-4)9-14-12-23-16-8-6-5-7-15(14)16/h5-8,10-12,17,23H,9H2,1-4H3,(H,24,25)/t17-/m0/s1. The Kier molecular flexibility index (Phi) is 6.46. The van der Waals surface area contributed by atoms with E-state index in [-0.39, 0.29) is 12.0 Å². The van der Waals surface area contributed by atoms with E-state index in [0.29, 0.717) is 17.2 Å². The summed E-state index contributed by atoms with van der Waals surface area (Å²) in [5.74, 6) is 0.0481. The van der Waals surface area contributed by atoms with Crippen LogP contribution in [-0.2, 0) is 16.0 Å². The van der Waals surface area contributed by atoms with Gasteiger partial charge in [-0.25, -0.2) is 4.79 Å². The number of aromatic amines is 1. The van der Waals surface area contributed by atoms with Gasteiger partial charge in [-0.1, -0.05) is 18.2 Å². The van der Waals surface area contributed by atoms with Crippen LogP contribution in [0, 0.1) is 0 Å². The molecule has 0 unspecified atom stereocenters. The number of H-pyrrole nitrogens is 1. The summed E-state index contributed by atoms with van der Waals surface area (Å²) < 4.78 is 20.8. The number of aromatic nitrogens is 1. The van der Waals surface area contributed by atoms with Gasteiger partial charge >= 0.3 is 5.97 Å². The zero-order valence-corrected chi connectivity index (χ0v) is 17.3.